The molecule has 0 unspecified atom stereocenters. The predicted octanol–water partition coefficient (Wildman–Crippen LogP) is 3.97. The first-order chi connectivity index (χ1) is 14.2. The van der Waals surface area contributed by atoms with Crippen LogP contribution in [0, 0.1) is 6.92 Å². The van der Waals surface area contributed by atoms with Crippen molar-refractivity contribution in [1.29, 1.82) is 0 Å². The molecule has 1 fully saturated rings. The van der Waals surface area contributed by atoms with Gasteiger partial charge in [-0.05, 0) is 63.3 Å². The molecule has 1 amide bonds. The minimum absolute atomic E-state index is 0.0306. The van der Waals surface area contributed by atoms with Gasteiger partial charge >= 0.3 is 0 Å². The Balaban J connectivity index is 1.76. The number of hydrogen-bond donors (Lipinski definition) is 1. The number of benzene rings is 1. The molecule has 1 aliphatic rings. The summed E-state index contributed by atoms with van der Waals surface area (Å²) in [6, 6.07) is 5.90. The molecule has 6 nitrogen and oxygen atoms in total. The van der Waals surface area contributed by atoms with Gasteiger partial charge < -0.3 is 10.2 Å². The molecular weight excluding hydrogens is 422 g/mol. The number of anilines is 1. The van der Waals surface area contributed by atoms with Crippen molar-refractivity contribution in [2.24, 2.45) is 0 Å². The van der Waals surface area contributed by atoms with E-state index in [1.807, 2.05) is 0 Å². The number of sulfonamides is 1. The summed E-state index contributed by atoms with van der Waals surface area (Å²) in [5, 5.41) is 3.50. The number of carbonyl (C=O) groups is 1. The number of nitrogens with one attached hydrogen (secondary N) is 1. The van der Waals surface area contributed by atoms with Crippen LogP contribution in [-0.4, -0.2) is 57.7 Å². The molecule has 170 valence electrons. The first kappa shape index (κ1) is 25.0. The molecule has 0 aliphatic carbocycles. The molecule has 1 aromatic rings. The number of hydrogen-bond acceptors (Lipinski definition) is 4. The standard InChI is InChI=1S/C22H36ClN3O3S/c1-4-19-10-5-6-15-25(19)16-9-14-24-22(27)13-8-17-26(30(3,28)29)21-12-7-11-20(23)18(21)2/h7,11-12,19H,4-6,8-10,13-17H2,1-3H3,(H,24,27)/t19-/m0/s1. The van der Waals surface area contributed by atoms with Gasteiger partial charge in [-0.15, -0.1) is 0 Å². The van der Waals surface area contributed by atoms with E-state index >= 15 is 0 Å². The number of nitrogens with zero attached hydrogens (tertiary/aromatic N) is 2. The van der Waals surface area contributed by atoms with Gasteiger partial charge in [0.15, 0.2) is 0 Å². The van der Waals surface area contributed by atoms with E-state index in [9.17, 15) is 13.2 Å². The minimum Gasteiger partial charge on any atom is -0.356 e. The average Bonchev–Trinajstić information content (AvgIpc) is 2.70. The van der Waals surface area contributed by atoms with E-state index in [0.717, 1.165) is 25.1 Å². The smallest absolute Gasteiger partial charge is 0.232 e. The van der Waals surface area contributed by atoms with Crippen molar-refractivity contribution in [2.45, 2.75) is 64.8 Å². The number of carbonyl (C=O) groups excluding carboxylic acids is 1. The van der Waals surface area contributed by atoms with Crippen LogP contribution in [0.25, 0.3) is 0 Å². The van der Waals surface area contributed by atoms with Crippen LogP contribution < -0.4 is 9.62 Å². The summed E-state index contributed by atoms with van der Waals surface area (Å²) in [4.78, 5) is 14.7. The van der Waals surface area contributed by atoms with E-state index in [4.69, 9.17) is 11.6 Å². The topological polar surface area (TPSA) is 69.7 Å². The molecular formula is C22H36ClN3O3S. The molecule has 0 bridgehead atoms. The number of halogens is 1. The highest BCUT2D eigenvalue weighted by Crippen LogP contribution is 2.28. The Labute approximate surface area is 187 Å². The van der Waals surface area contributed by atoms with Crippen LogP contribution in [0.2, 0.25) is 5.02 Å². The van der Waals surface area contributed by atoms with E-state index < -0.39 is 10.0 Å². The highest BCUT2D eigenvalue weighted by Gasteiger charge is 2.21. The van der Waals surface area contributed by atoms with Crippen LogP contribution in [0.5, 0.6) is 0 Å². The molecule has 1 heterocycles. The summed E-state index contributed by atoms with van der Waals surface area (Å²) in [7, 11) is -3.46. The lowest BCUT2D eigenvalue weighted by atomic mass is 10.00. The lowest BCUT2D eigenvalue weighted by Gasteiger charge is -2.35. The van der Waals surface area contributed by atoms with Crippen LogP contribution in [0.1, 0.15) is 57.4 Å². The summed E-state index contributed by atoms with van der Waals surface area (Å²) in [5.41, 5.74) is 1.29. The van der Waals surface area contributed by atoms with Crippen LogP contribution in [0.3, 0.4) is 0 Å². The summed E-state index contributed by atoms with van der Waals surface area (Å²) in [6.07, 6.45) is 7.94. The summed E-state index contributed by atoms with van der Waals surface area (Å²) >= 11 is 6.15. The summed E-state index contributed by atoms with van der Waals surface area (Å²) in [5.74, 6) is -0.0306. The zero-order valence-electron chi connectivity index (χ0n) is 18.5. The fourth-order valence-electron chi connectivity index (χ4n) is 4.13. The van der Waals surface area contributed by atoms with E-state index in [0.29, 0.717) is 36.1 Å². The third-order valence-electron chi connectivity index (χ3n) is 5.84. The molecule has 30 heavy (non-hydrogen) atoms. The SMILES string of the molecule is CC[C@H]1CCCCN1CCCNC(=O)CCCN(c1cccc(Cl)c1C)S(C)(=O)=O. The molecule has 0 aromatic heterocycles. The maximum atomic E-state index is 12.3. The van der Waals surface area contributed by atoms with Crippen LogP contribution in [0.4, 0.5) is 5.69 Å². The van der Waals surface area contributed by atoms with Gasteiger partial charge in [-0.2, -0.15) is 0 Å². The Morgan fingerprint density at radius 2 is 2.07 bits per heavy atom. The van der Waals surface area contributed by atoms with E-state index in [1.54, 1.807) is 25.1 Å². The molecule has 0 saturated carbocycles. The highest BCUT2D eigenvalue weighted by molar-refractivity contribution is 7.92. The maximum absolute atomic E-state index is 12.3. The second kappa shape index (κ2) is 11.9. The van der Waals surface area contributed by atoms with Crippen LogP contribution in [0.15, 0.2) is 18.2 Å². The second-order valence-electron chi connectivity index (χ2n) is 8.12. The maximum Gasteiger partial charge on any atom is 0.232 e. The normalized spacial score (nSPS) is 17.7. The van der Waals surface area contributed by atoms with Gasteiger partial charge in [-0.3, -0.25) is 9.10 Å². The predicted molar refractivity (Wildman–Crippen MR) is 125 cm³/mol. The van der Waals surface area contributed by atoms with Gasteiger partial charge in [0.25, 0.3) is 0 Å². The number of likely N-dealkylation sites (tertiary alicyclic amines) is 1. The van der Waals surface area contributed by atoms with E-state index in [1.165, 1.54) is 36.2 Å². The van der Waals surface area contributed by atoms with Crippen LogP contribution in [-0.2, 0) is 14.8 Å². The van der Waals surface area contributed by atoms with Crippen molar-refractivity contribution in [1.82, 2.24) is 10.2 Å². The third kappa shape index (κ3) is 7.43. The molecule has 1 saturated heterocycles. The van der Waals surface area contributed by atoms with Gasteiger partial charge in [0.05, 0.1) is 11.9 Å². The largest absolute Gasteiger partial charge is 0.356 e. The van der Waals surface area contributed by atoms with E-state index in [2.05, 4.69) is 17.1 Å². The Morgan fingerprint density at radius 1 is 1.30 bits per heavy atom. The van der Waals surface area contributed by atoms with Crippen LogP contribution >= 0.6 is 11.6 Å². The van der Waals surface area contributed by atoms with Crippen molar-refractivity contribution in [3.63, 3.8) is 0 Å². The average molecular weight is 458 g/mol. The lowest BCUT2D eigenvalue weighted by Crippen LogP contribution is -2.40. The monoisotopic (exact) mass is 457 g/mol. The lowest BCUT2D eigenvalue weighted by molar-refractivity contribution is -0.121. The molecule has 1 aromatic carbocycles. The Kier molecular flexibility index (Phi) is 9.91. The number of amides is 1. The molecule has 0 radical (unpaired) electrons. The minimum atomic E-state index is -3.46. The third-order valence-corrected chi connectivity index (χ3v) is 7.43. The fourth-order valence-corrected chi connectivity index (χ4v) is 5.31. The quantitative estimate of drug-likeness (QED) is 0.510. The molecule has 2 rings (SSSR count). The Bertz CT molecular complexity index is 801. The van der Waals surface area contributed by atoms with Gasteiger partial charge in [0.1, 0.15) is 0 Å². The van der Waals surface area contributed by atoms with Gasteiger partial charge in [-0.25, -0.2) is 8.42 Å². The van der Waals surface area contributed by atoms with Gasteiger partial charge in [0, 0.05) is 37.1 Å². The van der Waals surface area contributed by atoms with Gasteiger partial charge in [0.2, 0.25) is 15.9 Å². The zero-order chi connectivity index (χ0) is 22.1. The molecule has 8 heteroatoms. The van der Waals surface area contributed by atoms with Crippen molar-refractivity contribution < 1.29 is 13.2 Å². The highest BCUT2D eigenvalue weighted by atomic mass is 35.5. The van der Waals surface area contributed by atoms with Crippen molar-refractivity contribution >= 4 is 33.2 Å². The van der Waals surface area contributed by atoms with E-state index in [-0.39, 0.29) is 12.5 Å². The summed E-state index contributed by atoms with van der Waals surface area (Å²) in [6.45, 7) is 7.14. The molecule has 0 spiro atoms. The Morgan fingerprint density at radius 3 is 2.77 bits per heavy atom. The number of piperidine rings is 1. The molecule has 1 N–H and O–H groups in total. The second-order valence-corrected chi connectivity index (χ2v) is 10.4. The van der Waals surface area contributed by atoms with Gasteiger partial charge in [-0.1, -0.05) is 31.0 Å². The Hall–Kier alpha value is -1.31. The first-order valence-corrected chi connectivity index (χ1v) is 13.2. The first-order valence-electron chi connectivity index (χ1n) is 11.0. The fraction of sp³-hybridized carbons (Fsp3) is 0.682. The van der Waals surface area contributed by atoms with Crippen molar-refractivity contribution in [2.75, 3.05) is 36.7 Å². The molecule has 1 aliphatic heterocycles. The molecule has 1 atom stereocenters. The van der Waals surface area contributed by atoms with Crippen molar-refractivity contribution in [3.8, 4) is 0 Å². The zero-order valence-corrected chi connectivity index (χ0v) is 20.1. The van der Waals surface area contributed by atoms with Crippen molar-refractivity contribution in [3.05, 3.63) is 28.8 Å². The summed E-state index contributed by atoms with van der Waals surface area (Å²) < 4.78 is 25.9. The number of rotatable bonds is 11.